The maximum atomic E-state index is 13.6. The van der Waals surface area contributed by atoms with Gasteiger partial charge in [-0.1, -0.05) is 0 Å². The first-order valence-corrected chi connectivity index (χ1v) is 7.54. The van der Waals surface area contributed by atoms with Crippen molar-refractivity contribution < 1.29 is 22.7 Å². The maximum absolute atomic E-state index is 13.6. The third-order valence-corrected chi connectivity index (χ3v) is 3.51. The van der Waals surface area contributed by atoms with Crippen molar-refractivity contribution in [2.45, 2.75) is 57.7 Å². The molecule has 2 unspecified atom stereocenters. The molecule has 128 valence electrons. The number of nitrogens with one attached hydrogen (secondary N) is 2. The van der Waals surface area contributed by atoms with Gasteiger partial charge in [0, 0.05) is 24.2 Å². The van der Waals surface area contributed by atoms with Gasteiger partial charge in [-0.05, 0) is 40.0 Å². The first-order valence-electron chi connectivity index (χ1n) is 7.54. The molecule has 0 radical (unpaired) electrons. The predicted molar refractivity (Wildman–Crippen MR) is 80.7 cm³/mol. The van der Waals surface area contributed by atoms with E-state index in [-0.39, 0.29) is 17.8 Å². The Morgan fingerprint density at radius 3 is 2.26 bits per heavy atom. The third-order valence-electron chi connectivity index (χ3n) is 3.51. The Morgan fingerprint density at radius 1 is 1.13 bits per heavy atom. The summed E-state index contributed by atoms with van der Waals surface area (Å²) in [6, 6.07) is 0.937. The van der Waals surface area contributed by atoms with Gasteiger partial charge in [0.05, 0.1) is 0 Å². The Balaban J connectivity index is 1.90. The maximum Gasteiger partial charge on any atom is 0.407 e. The molecule has 1 aliphatic rings. The van der Waals surface area contributed by atoms with Gasteiger partial charge in [0.15, 0.2) is 11.6 Å². The molecule has 2 atom stereocenters. The van der Waals surface area contributed by atoms with Gasteiger partial charge >= 0.3 is 6.09 Å². The van der Waals surface area contributed by atoms with E-state index in [9.17, 15) is 18.0 Å². The number of halogens is 3. The Kier molecular flexibility index (Phi) is 5.06. The lowest BCUT2D eigenvalue weighted by Crippen LogP contribution is -2.38. The Labute approximate surface area is 133 Å². The van der Waals surface area contributed by atoms with Gasteiger partial charge in [0.25, 0.3) is 0 Å². The summed E-state index contributed by atoms with van der Waals surface area (Å²) in [5, 5.41) is 5.49. The van der Waals surface area contributed by atoms with Crippen LogP contribution in [-0.4, -0.2) is 23.8 Å². The molecular formula is C16H21F3N2O2. The van der Waals surface area contributed by atoms with Crippen LogP contribution in [0.2, 0.25) is 0 Å². The second kappa shape index (κ2) is 6.68. The summed E-state index contributed by atoms with van der Waals surface area (Å²) in [6.07, 6.45) is 1.30. The molecule has 7 heteroatoms. The topological polar surface area (TPSA) is 50.4 Å². The zero-order valence-electron chi connectivity index (χ0n) is 13.4. The fourth-order valence-corrected chi connectivity index (χ4v) is 2.60. The van der Waals surface area contributed by atoms with Gasteiger partial charge in [-0.3, -0.25) is 0 Å². The largest absolute Gasteiger partial charge is 0.444 e. The number of anilines is 1. The van der Waals surface area contributed by atoms with Crippen molar-refractivity contribution in [1.82, 2.24) is 5.32 Å². The number of alkyl carbamates (subject to hydrolysis) is 1. The number of hydrogen-bond acceptors (Lipinski definition) is 3. The van der Waals surface area contributed by atoms with Crippen LogP contribution in [0.4, 0.5) is 23.7 Å². The van der Waals surface area contributed by atoms with Crippen molar-refractivity contribution >= 4 is 11.8 Å². The summed E-state index contributed by atoms with van der Waals surface area (Å²) in [4.78, 5) is 11.7. The molecule has 23 heavy (non-hydrogen) atoms. The smallest absolute Gasteiger partial charge is 0.407 e. The molecule has 0 aliphatic heterocycles. The minimum Gasteiger partial charge on any atom is -0.444 e. The van der Waals surface area contributed by atoms with E-state index in [1.165, 1.54) is 0 Å². The zero-order valence-corrected chi connectivity index (χ0v) is 13.4. The molecule has 4 nitrogen and oxygen atoms in total. The van der Waals surface area contributed by atoms with Crippen LogP contribution in [0.5, 0.6) is 0 Å². The highest BCUT2D eigenvalue weighted by Crippen LogP contribution is 2.27. The molecule has 0 saturated heterocycles. The Hall–Kier alpha value is -1.92. The Bertz CT molecular complexity index is 564. The van der Waals surface area contributed by atoms with Crippen molar-refractivity contribution in [2.75, 3.05) is 5.32 Å². The van der Waals surface area contributed by atoms with Crippen LogP contribution >= 0.6 is 0 Å². The fraction of sp³-hybridized carbons (Fsp3) is 0.562. The SMILES string of the molecule is CC(C)(C)OC(=O)NC1CCC(Nc2c(F)cc(F)cc2F)C1. The molecule has 2 rings (SSSR count). The lowest BCUT2D eigenvalue weighted by molar-refractivity contribution is 0.0505. The fourth-order valence-electron chi connectivity index (χ4n) is 2.60. The summed E-state index contributed by atoms with van der Waals surface area (Å²) >= 11 is 0. The predicted octanol–water partition coefficient (Wildman–Crippen LogP) is 3.96. The summed E-state index contributed by atoms with van der Waals surface area (Å²) in [6.45, 7) is 5.31. The van der Waals surface area contributed by atoms with Crippen LogP contribution in [0.15, 0.2) is 12.1 Å². The first-order chi connectivity index (χ1) is 10.6. The molecular weight excluding hydrogens is 309 g/mol. The number of rotatable bonds is 3. The van der Waals surface area contributed by atoms with Gasteiger partial charge in [-0.2, -0.15) is 0 Å². The minimum atomic E-state index is -0.967. The molecule has 1 aromatic carbocycles. The van der Waals surface area contributed by atoms with E-state index < -0.39 is 29.1 Å². The molecule has 1 aliphatic carbocycles. The highest BCUT2D eigenvalue weighted by atomic mass is 19.1. The molecule has 0 aromatic heterocycles. The average molecular weight is 330 g/mol. The van der Waals surface area contributed by atoms with E-state index in [4.69, 9.17) is 4.74 Å². The van der Waals surface area contributed by atoms with Crippen molar-refractivity contribution in [3.8, 4) is 0 Å². The second-order valence-corrected chi connectivity index (χ2v) is 6.74. The quantitative estimate of drug-likeness (QED) is 0.882. The second-order valence-electron chi connectivity index (χ2n) is 6.74. The van der Waals surface area contributed by atoms with E-state index in [0.29, 0.717) is 31.4 Å². The molecule has 1 saturated carbocycles. The van der Waals surface area contributed by atoms with E-state index in [1.807, 2.05) is 0 Å². The van der Waals surface area contributed by atoms with Crippen LogP contribution < -0.4 is 10.6 Å². The van der Waals surface area contributed by atoms with Crippen LogP contribution in [0.25, 0.3) is 0 Å². The molecule has 1 aromatic rings. The van der Waals surface area contributed by atoms with Gasteiger partial charge in [0.2, 0.25) is 0 Å². The van der Waals surface area contributed by atoms with Crippen LogP contribution in [0.1, 0.15) is 40.0 Å². The summed E-state index contributed by atoms with van der Waals surface area (Å²) in [7, 11) is 0. The third kappa shape index (κ3) is 5.04. The normalized spacial score (nSPS) is 21.1. The number of benzene rings is 1. The van der Waals surface area contributed by atoms with Gasteiger partial charge in [-0.25, -0.2) is 18.0 Å². The number of amides is 1. The van der Waals surface area contributed by atoms with Gasteiger partial charge < -0.3 is 15.4 Å². The highest BCUT2D eigenvalue weighted by Gasteiger charge is 2.28. The molecule has 0 heterocycles. The molecule has 2 N–H and O–H groups in total. The number of hydrogen-bond donors (Lipinski definition) is 2. The van der Waals surface area contributed by atoms with Crippen molar-refractivity contribution in [3.05, 3.63) is 29.6 Å². The number of ether oxygens (including phenoxy) is 1. The summed E-state index contributed by atoms with van der Waals surface area (Å²) < 4.78 is 45.3. The van der Waals surface area contributed by atoms with Gasteiger partial charge in [-0.15, -0.1) is 0 Å². The van der Waals surface area contributed by atoms with Crippen molar-refractivity contribution in [1.29, 1.82) is 0 Å². The zero-order chi connectivity index (χ0) is 17.2. The monoisotopic (exact) mass is 330 g/mol. The number of carbonyl (C=O) groups excluding carboxylic acids is 1. The van der Waals surface area contributed by atoms with Gasteiger partial charge in [0.1, 0.15) is 17.1 Å². The highest BCUT2D eigenvalue weighted by molar-refractivity contribution is 5.68. The van der Waals surface area contributed by atoms with E-state index in [1.54, 1.807) is 20.8 Å². The Morgan fingerprint density at radius 2 is 1.70 bits per heavy atom. The average Bonchev–Trinajstić information content (AvgIpc) is 2.78. The van der Waals surface area contributed by atoms with E-state index in [0.717, 1.165) is 0 Å². The minimum absolute atomic E-state index is 0.131. The van der Waals surface area contributed by atoms with Crippen LogP contribution in [-0.2, 0) is 4.74 Å². The van der Waals surface area contributed by atoms with Crippen LogP contribution in [0.3, 0.4) is 0 Å². The lowest BCUT2D eigenvalue weighted by Gasteiger charge is -2.22. The number of carbonyl (C=O) groups is 1. The molecule has 1 amide bonds. The summed E-state index contributed by atoms with van der Waals surface area (Å²) in [5.74, 6) is -2.89. The van der Waals surface area contributed by atoms with E-state index in [2.05, 4.69) is 10.6 Å². The molecule has 0 bridgehead atoms. The van der Waals surface area contributed by atoms with E-state index >= 15 is 0 Å². The first kappa shape index (κ1) is 17.4. The van der Waals surface area contributed by atoms with Crippen LogP contribution in [0, 0.1) is 17.5 Å². The molecule has 0 spiro atoms. The van der Waals surface area contributed by atoms with Crippen molar-refractivity contribution in [2.24, 2.45) is 0 Å². The van der Waals surface area contributed by atoms with Crippen molar-refractivity contribution in [3.63, 3.8) is 0 Å². The summed E-state index contributed by atoms with van der Waals surface area (Å²) in [5.41, 5.74) is -0.921. The lowest BCUT2D eigenvalue weighted by atomic mass is 10.2. The molecule has 1 fully saturated rings. The standard InChI is InChI=1S/C16H21F3N2O2/c1-16(2,3)23-15(22)21-11-5-4-10(8-11)20-14-12(18)6-9(17)7-13(14)19/h6-7,10-11,20H,4-5,8H2,1-3H3,(H,21,22).